The van der Waals surface area contributed by atoms with E-state index in [1.54, 1.807) is 0 Å². The molecule has 0 atom stereocenters. The number of hydrogen-bond donors (Lipinski definition) is 0. The quantitative estimate of drug-likeness (QED) is 0.174. The summed E-state index contributed by atoms with van der Waals surface area (Å²) in [5.41, 5.74) is 11.4. The van der Waals surface area contributed by atoms with Gasteiger partial charge in [-0.2, -0.15) is 0 Å². The van der Waals surface area contributed by atoms with Crippen LogP contribution in [-0.4, -0.2) is 15.0 Å². The van der Waals surface area contributed by atoms with Crippen LogP contribution in [0.4, 0.5) is 0 Å². The van der Waals surface area contributed by atoms with E-state index in [9.17, 15) is 0 Å². The molecule has 10 rings (SSSR count). The van der Waals surface area contributed by atoms with Gasteiger partial charge in [0.25, 0.3) is 0 Å². The standard InChI is InChI=1S/C47H29N3O/c1-2-12-32(13-3-1)44-46-45(40-18-8-9-20-43(40)51-46)50-47(49-44)36-27-34(30-21-23-31(24-22-30)42-19-10-11-25-48-42)26-35(28-36)41-29-33-14-4-5-15-37(33)38-16-6-7-17-39(38)41/h1-29H. The van der Waals surface area contributed by atoms with Crippen LogP contribution in [0.5, 0.6) is 0 Å². The molecule has 51 heavy (non-hydrogen) atoms. The van der Waals surface area contributed by atoms with Gasteiger partial charge in [-0.05, 0) is 92.3 Å². The van der Waals surface area contributed by atoms with Gasteiger partial charge in [-0.25, -0.2) is 9.97 Å². The molecule has 238 valence electrons. The van der Waals surface area contributed by atoms with E-state index in [1.165, 1.54) is 21.5 Å². The molecule has 4 heteroatoms. The Morgan fingerprint density at radius 3 is 1.90 bits per heavy atom. The number of furan rings is 1. The van der Waals surface area contributed by atoms with Crippen LogP contribution in [0, 0.1) is 0 Å². The van der Waals surface area contributed by atoms with E-state index in [2.05, 4.69) is 120 Å². The molecule has 0 unspecified atom stereocenters. The van der Waals surface area contributed by atoms with Gasteiger partial charge in [0.15, 0.2) is 11.4 Å². The monoisotopic (exact) mass is 651 g/mol. The van der Waals surface area contributed by atoms with Gasteiger partial charge in [-0.3, -0.25) is 4.98 Å². The van der Waals surface area contributed by atoms with Gasteiger partial charge < -0.3 is 4.42 Å². The van der Waals surface area contributed by atoms with Gasteiger partial charge in [0.05, 0.1) is 5.69 Å². The summed E-state index contributed by atoms with van der Waals surface area (Å²) in [6.45, 7) is 0. The zero-order chi connectivity index (χ0) is 33.7. The summed E-state index contributed by atoms with van der Waals surface area (Å²) in [5.74, 6) is 0.645. The average Bonchev–Trinajstić information content (AvgIpc) is 3.59. The molecule has 0 fully saturated rings. The van der Waals surface area contributed by atoms with Crippen LogP contribution in [0.2, 0.25) is 0 Å². The summed E-state index contributed by atoms with van der Waals surface area (Å²) in [6, 6.07) is 59.3. The molecule has 10 aromatic rings. The predicted molar refractivity (Wildman–Crippen MR) is 209 cm³/mol. The maximum Gasteiger partial charge on any atom is 0.180 e. The zero-order valence-electron chi connectivity index (χ0n) is 27.5. The molecule has 0 amide bonds. The lowest BCUT2D eigenvalue weighted by molar-refractivity contribution is 0.667. The van der Waals surface area contributed by atoms with Crippen molar-refractivity contribution in [3.63, 3.8) is 0 Å². The Hall–Kier alpha value is -6.91. The molecule has 3 aromatic heterocycles. The van der Waals surface area contributed by atoms with Crippen LogP contribution in [0.15, 0.2) is 180 Å². The summed E-state index contributed by atoms with van der Waals surface area (Å²) >= 11 is 0. The van der Waals surface area contributed by atoms with E-state index in [4.69, 9.17) is 14.4 Å². The number of rotatable bonds is 5. The number of benzene rings is 7. The predicted octanol–water partition coefficient (Wildman–Crippen LogP) is 12.4. The number of hydrogen-bond acceptors (Lipinski definition) is 4. The number of para-hydroxylation sites is 1. The molecule has 7 aromatic carbocycles. The maximum atomic E-state index is 6.42. The molecule has 0 saturated carbocycles. The van der Waals surface area contributed by atoms with Crippen molar-refractivity contribution in [3.8, 4) is 56.2 Å². The maximum absolute atomic E-state index is 6.42. The van der Waals surface area contributed by atoms with Crippen molar-refractivity contribution >= 4 is 43.6 Å². The van der Waals surface area contributed by atoms with E-state index in [1.807, 2.05) is 60.8 Å². The number of aromatic nitrogens is 3. The lowest BCUT2D eigenvalue weighted by Gasteiger charge is -2.15. The van der Waals surface area contributed by atoms with Crippen molar-refractivity contribution < 1.29 is 4.42 Å². The molecule has 0 aliphatic carbocycles. The van der Waals surface area contributed by atoms with E-state index in [0.29, 0.717) is 11.4 Å². The second kappa shape index (κ2) is 11.9. The fourth-order valence-corrected chi connectivity index (χ4v) is 7.25. The molecule has 0 N–H and O–H groups in total. The van der Waals surface area contributed by atoms with Crippen LogP contribution in [0.1, 0.15) is 0 Å². The fourth-order valence-electron chi connectivity index (χ4n) is 7.25. The Morgan fingerprint density at radius 2 is 1.08 bits per heavy atom. The Balaban J connectivity index is 1.24. The van der Waals surface area contributed by atoms with Crippen molar-refractivity contribution in [2.24, 2.45) is 0 Å². The van der Waals surface area contributed by atoms with Crippen molar-refractivity contribution in [3.05, 3.63) is 176 Å². The molecule has 0 saturated heterocycles. The fraction of sp³-hybridized carbons (Fsp3) is 0. The number of fused-ring (bicyclic) bond motifs is 6. The summed E-state index contributed by atoms with van der Waals surface area (Å²) < 4.78 is 6.42. The first-order chi connectivity index (χ1) is 25.3. The Kier molecular flexibility index (Phi) is 6.78. The highest BCUT2D eigenvalue weighted by molar-refractivity contribution is 6.14. The second-order valence-corrected chi connectivity index (χ2v) is 12.8. The number of nitrogens with zero attached hydrogens (tertiary/aromatic N) is 3. The highest BCUT2D eigenvalue weighted by atomic mass is 16.3. The Bertz CT molecular complexity index is 2900. The Morgan fingerprint density at radius 1 is 0.412 bits per heavy atom. The van der Waals surface area contributed by atoms with E-state index >= 15 is 0 Å². The third-order valence-electron chi connectivity index (χ3n) is 9.72. The minimum atomic E-state index is 0.645. The van der Waals surface area contributed by atoms with Crippen molar-refractivity contribution in [2.75, 3.05) is 0 Å². The van der Waals surface area contributed by atoms with E-state index < -0.39 is 0 Å². The molecule has 0 radical (unpaired) electrons. The third kappa shape index (κ3) is 5.04. The molecule has 0 spiro atoms. The minimum absolute atomic E-state index is 0.645. The lowest BCUT2D eigenvalue weighted by Crippen LogP contribution is -1.95. The zero-order valence-corrected chi connectivity index (χ0v) is 27.5. The molecule has 0 aliphatic heterocycles. The summed E-state index contributed by atoms with van der Waals surface area (Å²) in [7, 11) is 0. The van der Waals surface area contributed by atoms with Gasteiger partial charge in [-0.1, -0.05) is 121 Å². The van der Waals surface area contributed by atoms with Crippen molar-refractivity contribution in [1.82, 2.24) is 15.0 Å². The minimum Gasteiger partial charge on any atom is -0.452 e. The molecule has 0 bridgehead atoms. The van der Waals surface area contributed by atoms with Crippen LogP contribution < -0.4 is 0 Å². The van der Waals surface area contributed by atoms with Crippen LogP contribution >= 0.6 is 0 Å². The van der Waals surface area contributed by atoms with Gasteiger partial charge in [0, 0.05) is 28.3 Å². The third-order valence-corrected chi connectivity index (χ3v) is 9.72. The first-order valence-corrected chi connectivity index (χ1v) is 17.1. The van der Waals surface area contributed by atoms with Crippen LogP contribution in [0.25, 0.3) is 99.8 Å². The molecule has 3 heterocycles. The SMILES string of the molecule is c1ccc(-c2nc(-c3cc(-c4ccc(-c5ccccn5)cc4)cc(-c4cc5ccccc5c5ccccc45)c3)nc3c2oc2ccccc23)cc1. The molecule has 0 aliphatic rings. The van der Waals surface area contributed by atoms with Crippen LogP contribution in [0.3, 0.4) is 0 Å². The van der Waals surface area contributed by atoms with E-state index in [-0.39, 0.29) is 0 Å². The average molecular weight is 652 g/mol. The highest BCUT2D eigenvalue weighted by Crippen LogP contribution is 2.40. The first kappa shape index (κ1) is 29.0. The summed E-state index contributed by atoms with van der Waals surface area (Å²) in [5, 5.41) is 5.84. The normalized spacial score (nSPS) is 11.5. The Labute approximate surface area is 294 Å². The lowest BCUT2D eigenvalue weighted by atomic mass is 9.90. The summed E-state index contributed by atoms with van der Waals surface area (Å²) in [6.07, 6.45) is 1.83. The van der Waals surface area contributed by atoms with Gasteiger partial charge in [0.1, 0.15) is 16.8 Å². The van der Waals surface area contributed by atoms with E-state index in [0.717, 1.165) is 66.8 Å². The van der Waals surface area contributed by atoms with Gasteiger partial charge >= 0.3 is 0 Å². The van der Waals surface area contributed by atoms with Crippen molar-refractivity contribution in [1.29, 1.82) is 0 Å². The van der Waals surface area contributed by atoms with Gasteiger partial charge in [0.2, 0.25) is 0 Å². The first-order valence-electron chi connectivity index (χ1n) is 17.1. The second-order valence-electron chi connectivity index (χ2n) is 12.8. The number of pyridine rings is 1. The van der Waals surface area contributed by atoms with Crippen molar-refractivity contribution in [2.45, 2.75) is 0 Å². The summed E-state index contributed by atoms with van der Waals surface area (Å²) in [4.78, 5) is 15.1. The highest BCUT2D eigenvalue weighted by Gasteiger charge is 2.20. The topological polar surface area (TPSA) is 51.8 Å². The molecular formula is C47H29N3O. The smallest absolute Gasteiger partial charge is 0.180 e. The van der Waals surface area contributed by atoms with Gasteiger partial charge in [-0.15, -0.1) is 0 Å². The molecular weight excluding hydrogens is 623 g/mol. The molecule has 4 nitrogen and oxygen atoms in total. The van der Waals surface area contributed by atoms with Crippen LogP contribution in [-0.2, 0) is 0 Å². The largest absolute Gasteiger partial charge is 0.452 e.